The molecule has 18 nitrogen and oxygen atoms in total. The van der Waals surface area contributed by atoms with E-state index in [2.05, 4.69) is 0 Å². The maximum Gasteiger partial charge on any atom is 0.328 e. The summed E-state index contributed by atoms with van der Waals surface area (Å²) < 4.78 is 0. The molecule has 2 aliphatic heterocycles. The van der Waals surface area contributed by atoms with Crippen molar-refractivity contribution in [3.63, 3.8) is 0 Å². The molecule has 170 valence electrons. The second kappa shape index (κ2) is 9.67. The van der Waals surface area contributed by atoms with Gasteiger partial charge in [0.2, 0.25) is 17.0 Å². The second-order valence-corrected chi connectivity index (χ2v) is 6.05. The molecule has 2 aliphatic rings. The van der Waals surface area contributed by atoms with Crippen LogP contribution in [0.15, 0.2) is 0 Å². The van der Waals surface area contributed by atoms with Gasteiger partial charge in [0.15, 0.2) is 0 Å². The van der Waals surface area contributed by atoms with E-state index in [4.69, 9.17) is 21.3 Å². The van der Waals surface area contributed by atoms with Gasteiger partial charge >= 0.3 is 18.0 Å². The summed E-state index contributed by atoms with van der Waals surface area (Å²) in [5, 5.41) is 32.9. The van der Waals surface area contributed by atoms with Crippen LogP contribution in [0.5, 0.6) is 0 Å². The molecule has 2 saturated heterocycles. The highest BCUT2D eigenvalue weighted by molar-refractivity contribution is 6.24. The normalized spacial score (nSPS) is 19.2. The predicted octanol–water partition coefficient (Wildman–Crippen LogP) is -5.12. The van der Waals surface area contributed by atoms with E-state index < -0.39 is 77.9 Å². The zero-order chi connectivity index (χ0) is 24.0. The number of carboxylic acid groups (broad SMARTS) is 1. The Morgan fingerprint density at radius 2 is 1.13 bits per heavy atom. The number of imide groups is 4. The molecule has 0 unspecified atom stereocenters. The van der Waals surface area contributed by atoms with E-state index in [0.29, 0.717) is 0 Å². The predicted molar refractivity (Wildman–Crippen MR) is 89.4 cm³/mol. The number of carbonyl (C=O) groups excluding carboxylic acids is 7. The fourth-order valence-corrected chi connectivity index (χ4v) is 2.35. The number of barbiturate groups is 2. The van der Waals surface area contributed by atoms with Gasteiger partial charge in [-0.2, -0.15) is 11.0 Å². The quantitative estimate of drug-likeness (QED) is 0.129. The van der Waals surface area contributed by atoms with Crippen LogP contribution in [0.25, 0.3) is 0 Å². The highest BCUT2D eigenvalue weighted by Crippen LogP contribution is 2.16. The summed E-state index contributed by atoms with van der Waals surface area (Å²) in [6, 6.07) is -2.04. The van der Waals surface area contributed by atoms with E-state index in [1.165, 1.54) is 11.0 Å². The lowest BCUT2D eigenvalue weighted by molar-refractivity contribution is -0.149. The van der Waals surface area contributed by atoms with E-state index in [9.17, 15) is 38.4 Å². The van der Waals surface area contributed by atoms with Crippen LogP contribution >= 0.6 is 0 Å². The Kier molecular flexibility index (Phi) is 7.81. The average molecular weight is 447 g/mol. The first kappa shape index (κ1) is 25.0. The van der Waals surface area contributed by atoms with Crippen molar-refractivity contribution in [3.05, 3.63) is 0 Å². The standard InChI is InChI=1S/C7H9N3O6.C6H8N4O5/c11-3(12)1-2-7(10-16)4(13)8-6(15)9-5(7)14;7-2(11)1-6(10-15)3(12)8-5(14)9-4(6)13/h10,16H,1-2H2,(H,11,12)(H2,8,9,13,14,15);10,15H,1H2,(H2,7,11)(H2,8,9,12,13,14). The number of amides is 9. The van der Waals surface area contributed by atoms with Crippen molar-refractivity contribution in [3.8, 4) is 0 Å². The van der Waals surface area contributed by atoms with Gasteiger partial charge in [-0.05, 0) is 6.42 Å². The molecule has 0 aromatic carbocycles. The lowest BCUT2D eigenvalue weighted by Crippen LogP contribution is -2.72. The molecule has 0 aromatic heterocycles. The summed E-state index contributed by atoms with van der Waals surface area (Å²) in [7, 11) is 0. The van der Waals surface area contributed by atoms with Crippen LogP contribution in [-0.2, 0) is 28.8 Å². The van der Waals surface area contributed by atoms with Gasteiger partial charge in [-0.3, -0.25) is 50.0 Å². The Morgan fingerprint density at radius 1 is 0.774 bits per heavy atom. The van der Waals surface area contributed by atoms with Gasteiger partial charge in [0.05, 0.1) is 6.42 Å². The van der Waals surface area contributed by atoms with Crippen LogP contribution in [0.3, 0.4) is 0 Å². The maximum atomic E-state index is 11.4. The van der Waals surface area contributed by atoms with Gasteiger partial charge in [0, 0.05) is 6.42 Å². The fourth-order valence-electron chi connectivity index (χ4n) is 2.35. The third kappa shape index (κ3) is 5.33. The Labute approximate surface area is 170 Å². The number of carbonyl (C=O) groups is 8. The molecular formula is C13H17N7O11. The molecule has 18 heteroatoms. The second-order valence-electron chi connectivity index (χ2n) is 6.05. The van der Waals surface area contributed by atoms with E-state index in [0.717, 1.165) is 0 Å². The molecule has 2 rings (SSSR count). The number of urea groups is 2. The van der Waals surface area contributed by atoms with E-state index in [-0.39, 0.29) is 0 Å². The molecule has 0 bridgehead atoms. The van der Waals surface area contributed by atoms with Crippen LogP contribution < -0.4 is 38.0 Å². The third-order valence-corrected chi connectivity index (χ3v) is 3.99. The number of hydrogen-bond donors (Lipinski definition) is 10. The van der Waals surface area contributed by atoms with Crippen molar-refractivity contribution in [2.75, 3.05) is 0 Å². The van der Waals surface area contributed by atoms with Crippen molar-refractivity contribution in [2.24, 2.45) is 5.73 Å². The smallest absolute Gasteiger partial charge is 0.328 e. The molecule has 0 saturated carbocycles. The molecule has 0 aromatic rings. The van der Waals surface area contributed by atoms with Gasteiger partial charge in [-0.15, -0.1) is 0 Å². The number of rotatable bonds is 7. The number of hydroxylamine groups is 2. The van der Waals surface area contributed by atoms with E-state index in [1.807, 2.05) is 0 Å². The van der Waals surface area contributed by atoms with E-state index >= 15 is 0 Å². The minimum Gasteiger partial charge on any atom is -0.481 e. The summed E-state index contributed by atoms with van der Waals surface area (Å²) in [5.41, 5.74) is 3.26. The van der Waals surface area contributed by atoms with Gasteiger partial charge in [-0.25, -0.2) is 9.59 Å². The minimum atomic E-state index is -2.25. The fraction of sp³-hybridized carbons (Fsp3) is 0.385. The number of nitrogens with one attached hydrogen (secondary N) is 6. The van der Waals surface area contributed by atoms with Crippen LogP contribution in [0.1, 0.15) is 19.3 Å². The Balaban J connectivity index is 0.000000311. The van der Waals surface area contributed by atoms with Gasteiger partial charge < -0.3 is 21.3 Å². The zero-order valence-corrected chi connectivity index (χ0v) is 15.3. The molecule has 0 spiro atoms. The molecule has 0 aliphatic carbocycles. The molecule has 0 atom stereocenters. The highest BCUT2D eigenvalue weighted by atomic mass is 16.5. The van der Waals surface area contributed by atoms with Gasteiger partial charge in [-0.1, -0.05) is 0 Å². The maximum absolute atomic E-state index is 11.4. The average Bonchev–Trinajstić information content (AvgIpc) is 2.64. The van der Waals surface area contributed by atoms with Crippen molar-refractivity contribution >= 4 is 47.6 Å². The van der Waals surface area contributed by atoms with Crippen molar-refractivity contribution in [1.82, 2.24) is 32.2 Å². The van der Waals surface area contributed by atoms with Crippen LogP contribution in [-0.4, -0.2) is 74.2 Å². The van der Waals surface area contributed by atoms with Crippen molar-refractivity contribution in [2.45, 2.75) is 30.3 Å². The SMILES string of the molecule is NC(=O)CC1(NO)C(=O)NC(=O)NC1=O.O=C(O)CCC1(NO)C(=O)NC(=O)NC1=O. The number of primary amides is 1. The summed E-state index contributed by atoms with van der Waals surface area (Å²) in [6.07, 6.45) is -1.78. The van der Waals surface area contributed by atoms with Gasteiger partial charge in [0.1, 0.15) is 0 Å². The van der Waals surface area contributed by atoms with Crippen LogP contribution in [0.4, 0.5) is 9.59 Å². The minimum absolute atomic E-state index is 0.482. The molecule has 11 N–H and O–H groups in total. The Morgan fingerprint density at radius 3 is 1.42 bits per heavy atom. The van der Waals surface area contributed by atoms with Crippen molar-refractivity contribution in [1.29, 1.82) is 0 Å². The summed E-state index contributed by atoms with van der Waals surface area (Å²) >= 11 is 0. The largest absolute Gasteiger partial charge is 0.481 e. The Hall–Kier alpha value is -4.00. The summed E-state index contributed by atoms with van der Waals surface area (Å²) in [5.74, 6) is -6.70. The lowest BCUT2D eigenvalue weighted by Gasteiger charge is -2.31. The van der Waals surface area contributed by atoms with Crippen LogP contribution in [0, 0.1) is 0 Å². The first-order valence-corrected chi connectivity index (χ1v) is 8.01. The Bertz CT molecular complexity index is 815. The zero-order valence-electron chi connectivity index (χ0n) is 15.3. The number of hydrogen-bond acceptors (Lipinski definition) is 12. The number of nitrogens with two attached hydrogens (primary N) is 1. The molecule has 2 fully saturated rings. The molecule has 9 amide bonds. The topological polar surface area (TPSA) is 295 Å². The highest BCUT2D eigenvalue weighted by Gasteiger charge is 2.52. The monoisotopic (exact) mass is 447 g/mol. The molecule has 31 heavy (non-hydrogen) atoms. The lowest BCUT2D eigenvalue weighted by atomic mass is 9.90. The van der Waals surface area contributed by atoms with E-state index in [1.54, 1.807) is 21.3 Å². The first-order chi connectivity index (χ1) is 14.3. The van der Waals surface area contributed by atoms with Crippen LogP contribution in [0.2, 0.25) is 0 Å². The number of carboxylic acids is 1. The third-order valence-electron chi connectivity index (χ3n) is 3.99. The number of aliphatic carboxylic acids is 1. The molecule has 2 heterocycles. The first-order valence-electron chi connectivity index (χ1n) is 8.01. The van der Waals surface area contributed by atoms with Crippen molar-refractivity contribution < 1.29 is 53.9 Å². The molecule has 0 radical (unpaired) electrons. The summed E-state index contributed by atoms with van der Waals surface area (Å²) in [6.45, 7) is 0. The molecular weight excluding hydrogens is 430 g/mol. The van der Waals surface area contributed by atoms with Gasteiger partial charge in [0.25, 0.3) is 23.6 Å². The summed E-state index contributed by atoms with van der Waals surface area (Å²) in [4.78, 5) is 87.7.